The highest BCUT2D eigenvalue weighted by Gasteiger charge is 2.12. The van der Waals surface area contributed by atoms with Crippen molar-refractivity contribution in [1.82, 2.24) is 9.78 Å². The van der Waals surface area contributed by atoms with E-state index in [0.717, 1.165) is 16.9 Å². The van der Waals surface area contributed by atoms with Crippen LogP contribution in [0.1, 0.15) is 11.3 Å². The second-order valence-corrected chi connectivity index (χ2v) is 5.38. The molecule has 0 saturated carbocycles. The largest absolute Gasteiger partial charge is 0.299 e. The fourth-order valence-corrected chi connectivity index (χ4v) is 2.45. The molecule has 0 fully saturated rings. The number of H-pyrrole nitrogens is 1. The predicted octanol–water partition coefficient (Wildman–Crippen LogP) is 4.62. The number of azo groups is 1. The van der Waals surface area contributed by atoms with E-state index in [1.165, 1.54) is 4.68 Å². The van der Waals surface area contributed by atoms with Gasteiger partial charge in [0.05, 0.1) is 17.1 Å². The van der Waals surface area contributed by atoms with Crippen LogP contribution in [0.2, 0.25) is 0 Å². The van der Waals surface area contributed by atoms with Gasteiger partial charge < -0.3 is 0 Å². The zero-order valence-electron chi connectivity index (χ0n) is 13.4. The fraction of sp³-hybridized carbons (Fsp3) is 0.105. The van der Waals surface area contributed by atoms with Crippen molar-refractivity contribution in [3.05, 3.63) is 88.9 Å². The Morgan fingerprint density at radius 1 is 1.08 bits per heavy atom. The summed E-state index contributed by atoms with van der Waals surface area (Å²) >= 11 is 0. The lowest BCUT2D eigenvalue weighted by Crippen LogP contribution is -2.13. The molecule has 0 atom stereocenters. The Morgan fingerprint density at radius 2 is 1.79 bits per heavy atom. The molecule has 0 bridgehead atoms. The average molecular weight is 318 g/mol. The molecular formula is C19H18N4O. The minimum Gasteiger partial charge on any atom is -0.293 e. The summed E-state index contributed by atoms with van der Waals surface area (Å²) in [5.41, 5.74) is 3.29. The van der Waals surface area contributed by atoms with Gasteiger partial charge in [-0.15, -0.1) is 11.7 Å². The third-order valence-electron chi connectivity index (χ3n) is 3.67. The first-order valence-corrected chi connectivity index (χ1v) is 7.68. The number of aryl methyl sites for hydroxylation is 1. The van der Waals surface area contributed by atoms with Crippen LogP contribution in [0.25, 0.3) is 5.69 Å². The van der Waals surface area contributed by atoms with E-state index in [0.29, 0.717) is 17.8 Å². The van der Waals surface area contributed by atoms with E-state index in [-0.39, 0.29) is 5.56 Å². The number of rotatable bonds is 5. The summed E-state index contributed by atoms with van der Waals surface area (Å²) in [6.07, 6.45) is 2.52. The fourth-order valence-electron chi connectivity index (χ4n) is 2.45. The molecule has 3 aromatic rings. The van der Waals surface area contributed by atoms with Crippen LogP contribution in [0.3, 0.4) is 0 Å². The van der Waals surface area contributed by atoms with E-state index in [1.54, 1.807) is 0 Å². The van der Waals surface area contributed by atoms with Gasteiger partial charge in [0.1, 0.15) is 0 Å². The molecule has 1 aromatic heterocycles. The van der Waals surface area contributed by atoms with Crippen molar-refractivity contribution in [2.45, 2.75) is 13.3 Å². The molecular weight excluding hydrogens is 300 g/mol. The number of para-hydroxylation sites is 1. The van der Waals surface area contributed by atoms with Crippen molar-refractivity contribution in [1.29, 1.82) is 0 Å². The molecule has 0 spiro atoms. The molecule has 0 aliphatic rings. The number of aromatic amines is 1. The number of nitrogens with one attached hydrogen (secondary N) is 1. The van der Waals surface area contributed by atoms with Gasteiger partial charge >= 0.3 is 0 Å². The molecule has 24 heavy (non-hydrogen) atoms. The SMILES string of the molecule is C=CCc1ccccc1N=Nc1c(C)[nH]n(-c2ccccc2)c1=O. The maximum atomic E-state index is 12.6. The van der Waals surface area contributed by atoms with E-state index >= 15 is 0 Å². The highest BCUT2D eigenvalue weighted by molar-refractivity contribution is 5.48. The van der Waals surface area contributed by atoms with Crippen LogP contribution in [0, 0.1) is 6.92 Å². The lowest BCUT2D eigenvalue weighted by atomic mass is 10.1. The van der Waals surface area contributed by atoms with E-state index in [2.05, 4.69) is 21.9 Å². The van der Waals surface area contributed by atoms with Crippen molar-refractivity contribution in [2.24, 2.45) is 10.2 Å². The smallest absolute Gasteiger partial charge is 0.293 e. The molecule has 0 aliphatic carbocycles. The highest BCUT2D eigenvalue weighted by atomic mass is 16.1. The summed E-state index contributed by atoms with van der Waals surface area (Å²) in [7, 11) is 0. The third-order valence-corrected chi connectivity index (χ3v) is 3.67. The maximum absolute atomic E-state index is 12.6. The van der Waals surface area contributed by atoms with Crippen molar-refractivity contribution < 1.29 is 0 Å². The first-order valence-electron chi connectivity index (χ1n) is 7.68. The molecule has 3 rings (SSSR count). The summed E-state index contributed by atoms with van der Waals surface area (Å²) in [4.78, 5) is 12.6. The van der Waals surface area contributed by atoms with Crippen LogP contribution in [-0.4, -0.2) is 9.78 Å². The molecule has 1 N–H and O–H groups in total. The van der Waals surface area contributed by atoms with Gasteiger partial charge in [0.2, 0.25) is 0 Å². The second-order valence-electron chi connectivity index (χ2n) is 5.38. The molecule has 120 valence electrons. The first kappa shape index (κ1) is 15.7. The number of nitrogens with zero attached hydrogens (tertiary/aromatic N) is 3. The standard InChI is InChI=1S/C19H18N4O/c1-3-9-15-10-7-8-13-17(15)20-21-18-14(2)22-23(19(18)24)16-11-5-4-6-12-16/h3-8,10-13,22H,1,9H2,2H3. The minimum absolute atomic E-state index is 0.219. The van der Waals surface area contributed by atoms with Gasteiger partial charge in [-0.25, -0.2) is 4.68 Å². The van der Waals surface area contributed by atoms with E-state index in [1.807, 2.05) is 67.6 Å². The number of aromatic nitrogens is 2. The third kappa shape index (κ3) is 3.10. The molecule has 0 unspecified atom stereocenters. The van der Waals surface area contributed by atoms with Crippen LogP contribution in [-0.2, 0) is 6.42 Å². The van der Waals surface area contributed by atoms with E-state index in [9.17, 15) is 4.79 Å². The maximum Gasteiger partial charge on any atom is 0.299 e. The zero-order valence-corrected chi connectivity index (χ0v) is 13.4. The number of allylic oxidation sites excluding steroid dienone is 1. The average Bonchev–Trinajstić information content (AvgIpc) is 2.89. The van der Waals surface area contributed by atoms with Gasteiger partial charge in [-0.2, -0.15) is 5.11 Å². The molecule has 1 heterocycles. The van der Waals surface area contributed by atoms with Crippen molar-refractivity contribution in [2.75, 3.05) is 0 Å². The quantitative estimate of drug-likeness (QED) is 0.541. The second kappa shape index (κ2) is 6.91. The van der Waals surface area contributed by atoms with Crippen LogP contribution in [0.5, 0.6) is 0 Å². The van der Waals surface area contributed by atoms with Crippen LogP contribution < -0.4 is 5.56 Å². The Balaban J connectivity index is 1.99. The summed E-state index contributed by atoms with van der Waals surface area (Å²) in [5, 5.41) is 11.5. The molecule has 0 aliphatic heterocycles. The Kier molecular flexibility index (Phi) is 4.52. The van der Waals surface area contributed by atoms with Crippen molar-refractivity contribution >= 4 is 11.4 Å². The van der Waals surface area contributed by atoms with Crippen LogP contribution >= 0.6 is 0 Å². The summed E-state index contributed by atoms with van der Waals surface area (Å²) in [6.45, 7) is 5.56. The van der Waals surface area contributed by atoms with Gasteiger partial charge in [-0.3, -0.25) is 9.89 Å². The Labute approximate surface area is 140 Å². The molecule has 5 nitrogen and oxygen atoms in total. The van der Waals surface area contributed by atoms with Crippen LogP contribution in [0.15, 0.2) is 82.3 Å². The number of hydrogen-bond donors (Lipinski definition) is 1. The molecule has 2 aromatic carbocycles. The summed E-state index contributed by atoms with van der Waals surface area (Å²) < 4.78 is 1.47. The Hall–Kier alpha value is -3.21. The van der Waals surface area contributed by atoms with Gasteiger partial charge in [0, 0.05) is 0 Å². The zero-order chi connectivity index (χ0) is 16.9. The molecule has 0 radical (unpaired) electrons. The van der Waals surface area contributed by atoms with Gasteiger partial charge in [-0.05, 0) is 37.1 Å². The lowest BCUT2D eigenvalue weighted by Gasteiger charge is -2.00. The highest BCUT2D eigenvalue weighted by Crippen LogP contribution is 2.23. The first-order chi connectivity index (χ1) is 11.7. The van der Waals surface area contributed by atoms with Crippen LogP contribution in [0.4, 0.5) is 11.4 Å². The van der Waals surface area contributed by atoms with Gasteiger partial charge in [0.15, 0.2) is 5.69 Å². The number of benzene rings is 2. The molecule has 0 saturated heterocycles. The topological polar surface area (TPSA) is 62.5 Å². The van der Waals surface area contributed by atoms with Gasteiger partial charge in [-0.1, -0.05) is 42.5 Å². The number of hydrogen-bond acceptors (Lipinski definition) is 3. The van der Waals surface area contributed by atoms with E-state index < -0.39 is 0 Å². The summed E-state index contributed by atoms with van der Waals surface area (Å²) in [5.74, 6) is 0. The normalized spacial score (nSPS) is 11.0. The van der Waals surface area contributed by atoms with Crippen molar-refractivity contribution in [3.63, 3.8) is 0 Å². The molecule has 5 heteroatoms. The Morgan fingerprint density at radius 3 is 2.54 bits per heavy atom. The summed E-state index contributed by atoms with van der Waals surface area (Å²) in [6, 6.07) is 17.1. The predicted molar refractivity (Wildman–Crippen MR) is 95.6 cm³/mol. The van der Waals surface area contributed by atoms with Crippen molar-refractivity contribution in [3.8, 4) is 5.69 Å². The molecule has 0 amide bonds. The van der Waals surface area contributed by atoms with E-state index in [4.69, 9.17) is 0 Å². The Bertz CT molecular complexity index is 936. The minimum atomic E-state index is -0.219. The van der Waals surface area contributed by atoms with Gasteiger partial charge in [0.25, 0.3) is 5.56 Å². The lowest BCUT2D eigenvalue weighted by molar-refractivity contribution is 0.835. The monoisotopic (exact) mass is 318 g/mol.